The Morgan fingerprint density at radius 3 is 1.02 bits per heavy atom. The first kappa shape index (κ1) is 127. The highest BCUT2D eigenvalue weighted by Crippen LogP contribution is 2.35. The molecular weight excluding hydrogens is 1820 g/mol. The summed E-state index contributed by atoms with van der Waals surface area (Å²) in [6.45, 7) is 13.1. The smallest absolute Gasteiger partial charge is 0.310 e. The van der Waals surface area contributed by atoms with E-state index in [1.165, 1.54) is 180 Å². The Hall–Kier alpha value is -7.15. The fourth-order valence-corrected chi connectivity index (χ4v) is 19.8. The van der Waals surface area contributed by atoms with Crippen molar-refractivity contribution in [3.05, 3.63) is 144 Å². The van der Waals surface area contributed by atoms with E-state index in [1.54, 1.807) is 0 Å². The molecule has 0 spiro atoms. The standard InChI is InChI=1S/C123H202N4O18/c1-7-13-19-25-31-36-39-44-49-55-73-87-109(128)125-106(121(135)124-90-76-58-52-30-24-18-12-6)93-111(130)127-115-119(145-114(133)92-105(86-72-54-48-43-35-29-23-17-11-5)142-113(132)89-75-57-51-46-41-38-33-27-21-15-9-3)117(134)107(98-136-94-100-77-63-59-64-78-100)143-122(115)140-99-108-118(137-95-101-79-65-60-66-80-101)120(138-96-102-81-67-61-68-82-102)116(123(144-108)139-97-103-83-69-62-70-84-103)126-110(129)91-104(85-71-53-47-42-34-28-22-16-10-4)141-112(131)88-74-56-50-45-40-37-32-26-20-14-8-2/h59-70,77-84,104-108,115-120,122-123,134H,7-58,71-76,85-99H2,1-6H3,(H,124,135)(H,125,128)(H,126,129)(H,127,130)/t104-,105-,106+,107-,108-,115-,116-,117-,118-,119-,120-,122-,123-/m1/s1. The highest BCUT2D eigenvalue weighted by Gasteiger charge is 2.53. The van der Waals surface area contributed by atoms with E-state index in [1.807, 2.05) is 121 Å². The van der Waals surface area contributed by atoms with Crippen LogP contribution >= 0.6 is 0 Å². The van der Waals surface area contributed by atoms with Gasteiger partial charge >= 0.3 is 17.9 Å². The number of aliphatic hydroxyl groups excluding tert-OH is 1. The van der Waals surface area contributed by atoms with E-state index < -0.39 is 122 Å². The normalized spacial score (nSPS) is 18.4. The molecule has 822 valence electrons. The largest absolute Gasteiger partial charge is 0.462 e. The first-order valence-electron chi connectivity index (χ1n) is 59.1. The van der Waals surface area contributed by atoms with Crippen LogP contribution in [-0.4, -0.2) is 146 Å². The van der Waals surface area contributed by atoms with Gasteiger partial charge in [-0.05, 0) is 73.6 Å². The molecule has 0 unspecified atom stereocenters. The SMILES string of the molecule is CCCCCCCCCCCCCC(=O)N[C@@H](CC(=O)N[C@H]1[C@H](OC[C@H]2O[C@@H](OCc3ccccc3)[C@H](NC(=O)C[C@@H](CCCCCCCCCCC)OC(=O)CCCCCCCCCCCCC)[C@@H](OCc3ccccc3)[C@@H]2OCc2ccccc2)O[C@H](COCc2ccccc2)[C@@H](O)[C@@H]1OC(=O)C[C@@H](CCCCCCCCCCC)OC(=O)CCCCCCCCCCCCC)C(=O)NCCCCCCCCC. The molecule has 6 rings (SSSR count). The Labute approximate surface area is 878 Å². The number of amides is 4. The number of ether oxygens (including phenoxy) is 10. The minimum Gasteiger partial charge on any atom is -0.462 e. The second-order valence-electron chi connectivity index (χ2n) is 41.8. The average Bonchev–Trinajstić information content (AvgIpc) is 0.779. The van der Waals surface area contributed by atoms with Gasteiger partial charge in [-0.2, -0.15) is 0 Å². The van der Waals surface area contributed by atoms with Crippen molar-refractivity contribution in [3.63, 3.8) is 0 Å². The molecule has 2 heterocycles. The molecule has 22 nitrogen and oxygen atoms in total. The maximum atomic E-state index is 15.8. The molecule has 2 saturated heterocycles. The van der Waals surface area contributed by atoms with Gasteiger partial charge in [0, 0.05) is 25.8 Å². The Kier molecular flexibility index (Phi) is 74.6. The lowest BCUT2D eigenvalue weighted by Gasteiger charge is -2.47. The zero-order valence-corrected chi connectivity index (χ0v) is 91.6. The number of hydrogen-bond acceptors (Lipinski definition) is 18. The van der Waals surface area contributed by atoms with E-state index in [0.29, 0.717) is 51.5 Å². The second-order valence-corrected chi connectivity index (χ2v) is 41.8. The Morgan fingerprint density at radius 2 is 0.621 bits per heavy atom. The third-order valence-corrected chi connectivity index (χ3v) is 28.6. The summed E-state index contributed by atoms with van der Waals surface area (Å²) < 4.78 is 69.1. The summed E-state index contributed by atoms with van der Waals surface area (Å²) in [6, 6.07) is 34.4. The number of unbranched alkanes of at least 4 members (excludes halogenated alkanes) is 52. The van der Waals surface area contributed by atoms with Gasteiger partial charge in [0.25, 0.3) is 0 Å². The summed E-state index contributed by atoms with van der Waals surface area (Å²) in [5.74, 6) is -3.67. The van der Waals surface area contributed by atoms with Crippen molar-refractivity contribution in [2.75, 3.05) is 19.8 Å². The third-order valence-electron chi connectivity index (χ3n) is 28.6. The van der Waals surface area contributed by atoms with Gasteiger partial charge in [0.1, 0.15) is 60.9 Å². The van der Waals surface area contributed by atoms with E-state index in [9.17, 15) is 24.3 Å². The maximum absolute atomic E-state index is 15.8. The number of hydrogen-bond donors (Lipinski definition) is 5. The van der Waals surface area contributed by atoms with Gasteiger partial charge in [0.15, 0.2) is 18.7 Å². The summed E-state index contributed by atoms with van der Waals surface area (Å²) in [7, 11) is 0. The van der Waals surface area contributed by atoms with Gasteiger partial charge < -0.3 is 73.7 Å². The lowest BCUT2D eigenvalue weighted by molar-refractivity contribution is -0.315. The predicted molar refractivity (Wildman–Crippen MR) is 584 cm³/mol. The molecule has 0 aliphatic carbocycles. The zero-order valence-electron chi connectivity index (χ0n) is 91.6. The van der Waals surface area contributed by atoms with E-state index in [2.05, 4.69) is 62.8 Å². The third kappa shape index (κ3) is 61.1. The Morgan fingerprint density at radius 1 is 0.303 bits per heavy atom. The van der Waals surface area contributed by atoms with Crippen molar-refractivity contribution in [2.45, 2.75) is 571 Å². The Bertz CT molecular complexity index is 3810. The van der Waals surface area contributed by atoms with Gasteiger partial charge in [-0.15, -0.1) is 0 Å². The molecule has 0 aromatic heterocycles. The molecule has 0 radical (unpaired) electrons. The van der Waals surface area contributed by atoms with Crippen molar-refractivity contribution in [1.82, 2.24) is 21.3 Å². The van der Waals surface area contributed by atoms with Crippen molar-refractivity contribution >= 4 is 41.5 Å². The van der Waals surface area contributed by atoms with Crippen LogP contribution in [0.2, 0.25) is 0 Å². The molecule has 13 atom stereocenters. The van der Waals surface area contributed by atoms with E-state index >= 15 is 14.4 Å². The summed E-state index contributed by atoms with van der Waals surface area (Å²) in [6.07, 6.45) is 50.8. The van der Waals surface area contributed by atoms with Gasteiger partial charge in [0.2, 0.25) is 23.6 Å². The topological polar surface area (TPSA) is 280 Å². The molecule has 4 amide bonds. The van der Waals surface area contributed by atoms with Crippen LogP contribution in [0.1, 0.15) is 488 Å². The summed E-state index contributed by atoms with van der Waals surface area (Å²) in [5.41, 5.74) is 3.26. The molecular formula is C123H202N4O18. The van der Waals surface area contributed by atoms with E-state index in [0.717, 1.165) is 183 Å². The number of carbonyl (C=O) groups excluding carboxylic acids is 7. The molecule has 145 heavy (non-hydrogen) atoms. The minimum absolute atomic E-state index is 0.0102. The molecule has 4 aromatic carbocycles. The monoisotopic (exact) mass is 2020 g/mol. The van der Waals surface area contributed by atoms with Gasteiger partial charge in [-0.25, -0.2) is 0 Å². The summed E-state index contributed by atoms with van der Waals surface area (Å²) >= 11 is 0. The minimum atomic E-state index is -1.73. The highest BCUT2D eigenvalue weighted by molar-refractivity contribution is 5.92. The van der Waals surface area contributed by atoms with Crippen LogP contribution in [0, 0.1) is 0 Å². The summed E-state index contributed by atoms with van der Waals surface area (Å²) in [4.78, 5) is 104. The van der Waals surface area contributed by atoms with E-state index in [4.69, 9.17) is 47.4 Å². The Balaban J connectivity index is 1.44. The molecule has 0 bridgehead atoms. The van der Waals surface area contributed by atoms with Gasteiger partial charge in [-0.3, -0.25) is 33.6 Å². The second kappa shape index (κ2) is 85.5. The first-order chi connectivity index (χ1) is 71.1. The van der Waals surface area contributed by atoms with Gasteiger partial charge in [0.05, 0.1) is 58.9 Å². The first-order valence-corrected chi connectivity index (χ1v) is 59.1. The lowest BCUT2D eigenvalue weighted by atomic mass is 9.94. The van der Waals surface area contributed by atoms with Crippen LogP contribution in [-0.2, 0) is 107 Å². The van der Waals surface area contributed by atoms with Crippen LogP contribution in [0.25, 0.3) is 0 Å². The number of rotatable bonds is 93. The predicted octanol–water partition coefficient (Wildman–Crippen LogP) is 28.6. The van der Waals surface area contributed by atoms with Crippen molar-refractivity contribution in [2.24, 2.45) is 0 Å². The summed E-state index contributed by atoms with van der Waals surface area (Å²) in [5, 5.41) is 25.7. The quantitative estimate of drug-likeness (QED) is 0.0156. The molecule has 22 heteroatoms. The molecule has 2 aliphatic heterocycles. The fraction of sp³-hybridized carbons (Fsp3) is 0.748. The number of aliphatic hydroxyl groups is 1. The molecule has 0 saturated carbocycles. The van der Waals surface area contributed by atoms with Crippen molar-refractivity contribution in [3.8, 4) is 0 Å². The van der Waals surface area contributed by atoms with Crippen LogP contribution in [0.3, 0.4) is 0 Å². The molecule has 4 aromatic rings. The molecule has 2 fully saturated rings. The van der Waals surface area contributed by atoms with E-state index in [-0.39, 0.29) is 77.0 Å². The number of carbonyl (C=O) groups is 7. The van der Waals surface area contributed by atoms with Crippen LogP contribution in [0.5, 0.6) is 0 Å². The number of esters is 3. The zero-order chi connectivity index (χ0) is 104. The maximum Gasteiger partial charge on any atom is 0.310 e. The highest BCUT2D eigenvalue weighted by atomic mass is 16.7. The van der Waals surface area contributed by atoms with Crippen molar-refractivity contribution in [1.29, 1.82) is 0 Å². The fourth-order valence-electron chi connectivity index (χ4n) is 19.8. The van der Waals surface area contributed by atoms with Crippen LogP contribution in [0.15, 0.2) is 121 Å². The molecule has 2 aliphatic rings. The average molecular weight is 2020 g/mol. The molecule has 5 N–H and O–H groups in total. The number of benzene rings is 4. The lowest BCUT2D eigenvalue weighted by Crippen LogP contribution is -2.68. The number of nitrogens with one attached hydrogen (secondary N) is 4. The van der Waals surface area contributed by atoms with Crippen molar-refractivity contribution < 1.29 is 86.0 Å². The van der Waals surface area contributed by atoms with Crippen LogP contribution < -0.4 is 21.3 Å². The van der Waals surface area contributed by atoms with Crippen LogP contribution in [0.4, 0.5) is 0 Å². The van der Waals surface area contributed by atoms with Gasteiger partial charge in [-0.1, -0.05) is 497 Å².